The van der Waals surface area contributed by atoms with Gasteiger partial charge >= 0.3 is 0 Å². The maximum Gasteiger partial charge on any atom is 0.122 e. The van der Waals surface area contributed by atoms with Crippen LogP contribution in [0.15, 0.2) is 30.3 Å². The Hall–Kier alpha value is -1.96. The average Bonchev–Trinajstić information content (AvgIpc) is 2.43. The Morgan fingerprint density at radius 2 is 1.58 bits per heavy atom. The van der Waals surface area contributed by atoms with Gasteiger partial charge in [-0.1, -0.05) is 12.1 Å². The van der Waals surface area contributed by atoms with E-state index in [1.54, 1.807) is 7.11 Å². The number of anilines is 1. The summed E-state index contributed by atoms with van der Waals surface area (Å²) >= 11 is 0. The van der Waals surface area contributed by atoms with E-state index in [0.29, 0.717) is 0 Å². The highest BCUT2D eigenvalue weighted by Crippen LogP contribution is 2.34. The van der Waals surface area contributed by atoms with E-state index in [-0.39, 0.29) is 0 Å². The summed E-state index contributed by atoms with van der Waals surface area (Å²) in [6.07, 6.45) is 0. The van der Waals surface area contributed by atoms with Gasteiger partial charge in [0.1, 0.15) is 5.75 Å². The van der Waals surface area contributed by atoms with Crippen LogP contribution in [0.1, 0.15) is 16.7 Å². The van der Waals surface area contributed by atoms with Gasteiger partial charge in [-0.3, -0.25) is 0 Å². The third-order valence-corrected chi connectivity index (χ3v) is 3.73. The Balaban J connectivity index is 2.58. The third-order valence-electron chi connectivity index (χ3n) is 3.73. The minimum atomic E-state index is 0.964. The van der Waals surface area contributed by atoms with Crippen molar-refractivity contribution in [3.8, 4) is 16.9 Å². The summed E-state index contributed by atoms with van der Waals surface area (Å²) in [6.45, 7) is 6.40. The molecule has 0 heterocycles. The molecule has 0 aliphatic rings. The van der Waals surface area contributed by atoms with E-state index < -0.39 is 0 Å². The van der Waals surface area contributed by atoms with Gasteiger partial charge < -0.3 is 10.1 Å². The molecular formula is C17H21NO. The molecule has 100 valence electrons. The first kappa shape index (κ1) is 13.5. The number of benzene rings is 2. The molecule has 19 heavy (non-hydrogen) atoms. The van der Waals surface area contributed by atoms with Crippen molar-refractivity contribution < 1.29 is 4.74 Å². The van der Waals surface area contributed by atoms with E-state index in [4.69, 9.17) is 4.74 Å². The monoisotopic (exact) mass is 255 g/mol. The molecule has 0 spiro atoms. The second-order valence-corrected chi connectivity index (χ2v) is 4.85. The molecule has 2 heteroatoms. The Kier molecular flexibility index (Phi) is 3.79. The molecule has 1 N–H and O–H groups in total. The van der Waals surface area contributed by atoms with Crippen LogP contribution in [0.3, 0.4) is 0 Å². The summed E-state index contributed by atoms with van der Waals surface area (Å²) in [6, 6.07) is 10.6. The van der Waals surface area contributed by atoms with Gasteiger partial charge in [-0.2, -0.15) is 0 Å². The van der Waals surface area contributed by atoms with Gasteiger partial charge in [0.25, 0.3) is 0 Å². The van der Waals surface area contributed by atoms with E-state index in [2.05, 4.69) is 56.4 Å². The maximum absolute atomic E-state index is 5.42. The molecule has 0 aliphatic carbocycles. The summed E-state index contributed by atoms with van der Waals surface area (Å²) in [5.74, 6) is 0.964. The number of nitrogens with one attached hydrogen (secondary N) is 1. The highest BCUT2D eigenvalue weighted by molar-refractivity contribution is 5.75. The second-order valence-electron chi connectivity index (χ2n) is 4.85. The van der Waals surface area contributed by atoms with Crippen LogP contribution >= 0.6 is 0 Å². The predicted molar refractivity (Wildman–Crippen MR) is 82.2 cm³/mol. The number of ether oxygens (including phenoxy) is 1. The Labute approximate surface area is 115 Å². The Morgan fingerprint density at radius 3 is 2.11 bits per heavy atom. The van der Waals surface area contributed by atoms with Crippen LogP contribution in [-0.2, 0) is 0 Å². The van der Waals surface area contributed by atoms with Crippen molar-refractivity contribution in [2.45, 2.75) is 20.8 Å². The zero-order chi connectivity index (χ0) is 14.0. The normalized spacial score (nSPS) is 10.4. The minimum absolute atomic E-state index is 0.964. The van der Waals surface area contributed by atoms with Crippen LogP contribution < -0.4 is 10.1 Å². The molecule has 0 atom stereocenters. The minimum Gasteiger partial charge on any atom is -0.496 e. The molecule has 0 saturated carbocycles. The molecule has 0 radical (unpaired) electrons. The van der Waals surface area contributed by atoms with Crippen molar-refractivity contribution in [2.75, 3.05) is 19.5 Å². The first-order chi connectivity index (χ1) is 9.08. The standard InChI is InChI=1S/C17H21NO/c1-11-10-16(19-5)12(2)13(3)17(11)14-6-8-15(18-4)9-7-14/h6-10,18H,1-5H3. The maximum atomic E-state index is 5.42. The van der Waals surface area contributed by atoms with Gasteiger partial charge in [0, 0.05) is 12.7 Å². The predicted octanol–water partition coefficient (Wildman–Crippen LogP) is 4.33. The Bertz CT molecular complexity index is 585. The first-order valence-electron chi connectivity index (χ1n) is 6.51. The number of hydrogen-bond donors (Lipinski definition) is 1. The topological polar surface area (TPSA) is 21.3 Å². The molecule has 2 aromatic carbocycles. The lowest BCUT2D eigenvalue weighted by molar-refractivity contribution is 0.411. The number of rotatable bonds is 3. The molecule has 0 amide bonds. The van der Waals surface area contributed by atoms with E-state index in [1.807, 2.05) is 7.05 Å². The molecule has 2 aromatic rings. The fourth-order valence-electron chi connectivity index (χ4n) is 2.50. The molecule has 0 saturated heterocycles. The fourth-order valence-corrected chi connectivity index (χ4v) is 2.50. The Morgan fingerprint density at radius 1 is 0.947 bits per heavy atom. The van der Waals surface area contributed by atoms with Crippen molar-refractivity contribution in [2.24, 2.45) is 0 Å². The fraction of sp³-hybridized carbons (Fsp3) is 0.294. The highest BCUT2D eigenvalue weighted by atomic mass is 16.5. The van der Waals surface area contributed by atoms with Crippen LogP contribution in [0.2, 0.25) is 0 Å². The summed E-state index contributed by atoms with van der Waals surface area (Å²) in [5, 5.41) is 3.14. The van der Waals surface area contributed by atoms with E-state index in [1.165, 1.54) is 27.8 Å². The molecule has 0 aromatic heterocycles. The lowest BCUT2D eigenvalue weighted by atomic mass is 9.92. The number of methoxy groups -OCH3 is 1. The van der Waals surface area contributed by atoms with Gasteiger partial charge in [0.05, 0.1) is 7.11 Å². The molecule has 2 rings (SSSR count). The lowest BCUT2D eigenvalue weighted by Gasteiger charge is -2.16. The molecule has 2 nitrogen and oxygen atoms in total. The highest BCUT2D eigenvalue weighted by Gasteiger charge is 2.12. The van der Waals surface area contributed by atoms with Crippen molar-refractivity contribution in [1.29, 1.82) is 0 Å². The zero-order valence-electron chi connectivity index (χ0n) is 12.3. The largest absolute Gasteiger partial charge is 0.496 e. The van der Waals surface area contributed by atoms with Gasteiger partial charge in [-0.15, -0.1) is 0 Å². The molecule has 0 unspecified atom stereocenters. The van der Waals surface area contributed by atoms with E-state index in [0.717, 1.165) is 11.4 Å². The van der Waals surface area contributed by atoms with E-state index in [9.17, 15) is 0 Å². The van der Waals surface area contributed by atoms with Crippen LogP contribution in [0, 0.1) is 20.8 Å². The van der Waals surface area contributed by atoms with Crippen LogP contribution in [0.25, 0.3) is 11.1 Å². The smallest absolute Gasteiger partial charge is 0.122 e. The third kappa shape index (κ3) is 2.43. The molecule has 0 fully saturated rings. The van der Waals surface area contributed by atoms with Crippen molar-refractivity contribution in [1.82, 2.24) is 0 Å². The molecule has 0 aliphatic heterocycles. The van der Waals surface area contributed by atoms with Crippen molar-refractivity contribution in [3.63, 3.8) is 0 Å². The van der Waals surface area contributed by atoms with Crippen molar-refractivity contribution >= 4 is 5.69 Å². The van der Waals surface area contributed by atoms with E-state index >= 15 is 0 Å². The summed E-state index contributed by atoms with van der Waals surface area (Å²) in [4.78, 5) is 0. The number of hydrogen-bond acceptors (Lipinski definition) is 2. The van der Waals surface area contributed by atoms with Crippen LogP contribution in [0.4, 0.5) is 5.69 Å². The SMILES string of the molecule is CNc1ccc(-c2c(C)cc(OC)c(C)c2C)cc1. The first-order valence-corrected chi connectivity index (χ1v) is 6.51. The lowest BCUT2D eigenvalue weighted by Crippen LogP contribution is -1.96. The second kappa shape index (κ2) is 5.35. The molecule has 0 bridgehead atoms. The summed E-state index contributed by atoms with van der Waals surface area (Å²) in [7, 11) is 3.66. The van der Waals surface area contributed by atoms with Crippen LogP contribution in [0.5, 0.6) is 5.75 Å². The molecular weight excluding hydrogens is 234 g/mol. The quantitative estimate of drug-likeness (QED) is 0.881. The van der Waals surface area contributed by atoms with Gasteiger partial charge in [0.2, 0.25) is 0 Å². The van der Waals surface area contributed by atoms with Crippen molar-refractivity contribution in [3.05, 3.63) is 47.0 Å². The average molecular weight is 255 g/mol. The zero-order valence-corrected chi connectivity index (χ0v) is 12.3. The summed E-state index contributed by atoms with van der Waals surface area (Å²) < 4.78 is 5.42. The summed E-state index contributed by atoms with van der Waals surface area (Å²) in [5.41, 5.74) is 7.43. The van der Waals surface area contributed by atoms with Crippen LogP contribution in [-0.4, -0.2) is 14.2 Å². The van der Waals surface area contributed by atoms with Gasteiger partial charge in [-0.25, -0.2) is 0 Å². The number of aryl methyl sites for hydroxylation is 1. The van der Waals surface area contributed by atoms with Gasteiger partial charge in [0.15, 0.2) is 0 Å². The van der Waals surface area contributed by atoms with Gasteiger partial charge in [-0.05, 0) is 66.8 Å².